The van der Waals surface area contributed by atoms with Gasteiger partial charge in [0.1, 0.15) is 18.8 Å². The molecule has 5 N–H and O–H groups in total. The Hall–Kier alpha value is -1.97. The van der Waals surface area contributed by atoms with Crippen molar-refractivity contribution in [2.75, 3.05) is 40.8 Å². The van der Waals surface area contributed by atoms with Gasteiger partial charge in [0.2, 0.25) is 11.8 Å². The van der Waals surface area contributed by atoms with Gasteiger partial charge in [0, 0.05) is 19.4 Å². The Balaban J connectivity index is 0.678. The molecule has 1 heterocycles. The lowest BCUT2D eigenvalue weighted by atomic mass is 9.43. The Kier molecular flexibility index (Phi) is 16.8. The molecule has 1 aromatic rings. The third-order valence-corrected chi connectivity index (χ3v) is 24.6. The largest absolute Gasteiger partial charge is 0.756 e. The van der Waals surface area contributed by atoms with E-state index in [0.717, 1.165) is 56.3 Å². The second-order valence-corrected chi connectivity index (χ2v) is 29.7. The maximum absolute atomic E-state index is 13.2. The number of phosphoric ester groups is 1. The van der Waals surface area contributed by atoms with E-state index in [0.29, 0.717) is 103 Å². The van der Waals surface area contributed by atoms with Crippen LogP contribution in [0.5, 0.6) is 0 Å². The van der Waals surface area contributed by atoms with Crippen LogP contribution in [0.1, 0.15) is 176 Å². The molecule has 16 heteroatoms. The van der Waals surface area contributed by atoms with Crippen molar-refractivity contribution in [2.24, 2.45) is 92.7 Å². The summed E-state index contributed by atoms with van der Waals surface area (Å²) in [5, 5.41) is 49.3. The topological polar surface area (TPSA) is 208 Å². The molecular formula is C58H99N6O9P. The average molecular weight is 1060 g/mol. The quantitative estimate of drug-likeness (QED) is 0.0662. The van der Waals surface area contributed by atoms with Crippen LogP contribution in [0.3, 0.4) is 0 Å². The molecule has 8 saturated carbocycles. The predicted octanol–water partition coefficient (Wildman–Crippen LogP) is 8.04. The molecule has 0 aliphatic heterocycles. The van der Waals surface area contributed by atoms with Crippen LogP contribution in [0.15, 0.2) is 6.20 Å². The third-order valence-electron chi connectivity index (χ3n) is 23.6. The van der Waals surface area contributed by atoms with E-state index in [1.54, 1.807) is 4.68 Å². The highest BCUT2D eigenvalue weighted by molar-refractivity contribution is 7.45. The van der Waals surface area contributed by atoms with E-state index in [1.165, 1.54) is 44.9 Å². The minimum atomic E-state index is -4.47. The standard InChI is InChI=1S/C58H99N6O9P/c1-36(44-14-16-46-43-13-12-38-30-41(65)20-23-55(38,3)47(43)22-25-57(44,46)5)10-18-52(68)59-26-27-63-35-40(61-62-63)34-60-53(69)19-11-37(2)45-15-17-48-54-49(33-51(67)58(45,48)6)56(4)24-21-42(31-39(56)32-50(54)66)73-74(70,71)72-29-28-64(7,8)9/h35-39,41-51,54,65-67H,10-34H2,1-9H3,(H2-,59,60,68,69,70,71)/t36-,37-,38-,39+,41-,42-,43+,44-,45-,46+,47+,48+,49+,50-,51+,54+,55+,56+,57-,58-/m1/s1. The van der Waals surface area contributed by atoms with E-state index < -0.39 is 26.1 Å². The number of aliphatic hydroxyl groups is 3. The number of aliphatic hydroxyl groups excluding tert-OH is 3. The van der Waals surface area contributed by atoms with Crippen molar-refractivity contribution in [3.05, 3.63) is 11.9 Å². The van der Waals surface area contributed by atoms with Gasteiger partial charge in [-0.1, -0.05) is 46.8 Å². The van der Waals surface area contributed by atoms with Crippen molar-refractivity contribution in [1.29, 1.82) is 0 Å². The molecule has 0 aromatic carbocycles. The van der Waals surface area contributed by atoms with E-state index >= 15 is 0 Å². The zero-order chi connectivity index (χ0) is 53.2. The fourth-order valence-electron chi connectivity index (χ4n) is 19.4. The normalized spacial score (nSPS) is 43.3. The van der Waals surface area contributed by atoms with Gasteiger partial charge in [-0.2, -0.15) is 0 Å². The summed E-state index contributed by atoms with van der Waals surface area (Å²) in [5.41, 5.74) is 0.934. The first-order valence-electron chi connectivity index (χ1n) is 29.8. The molecule has 420 valence electrons. The number of rotatable bonds is 19. The Bertz CT molecular complexity index is 2170. The maximum Gasteiger partial charge on any atom is 0.268 e. The first-order valence-corrected chi connectivity index (χ1v) is 31.2. The zero-order valence-corrected chi connectivity index (χ0v) is 47.9. The van der Waals surface area contributed by atoms with Gasteiger partial charge in [0.15, 0.2) is 0 Å². The molecule has 0 spiro atoms. The van der Waals surface area contributed by atoms with Gasteiger partial charge in [0.25, 0.3) is 7.82 Å². The molecule has 1 unspecified atom stereocenters. The molecule has 15 nitrogen and oxygen atoms in total. The number of nitrogens with zero attached hydrogens (tertiary/aromatic N) is 4. The Morgan fingerprint density at radius 1 is 0.784 bits per heavy atom. The number of carbonyl (C=O) groups excluding carboxylic acids is 2. The maximum atomic E-state index is 13.2. The second kappa shape index (κ2) is 21.9. The summed E-state index contributed by atoms with van der Waals surface area (Å²) >= 11 is 0. The number of amides is 2. The number of likely N-dealkylation sites (N-methyl/N-ethyl adjacent to an activating group) is 1. The fraction of sp³-hybridized carbons (Fsp3) is 0.931. The van der Waals surface area contributed by atoms with Crippen molar-refractivity contribution < 1.29 is 47.9 Å². The highest BCUT2D eigenvalue weighted by Crippen LogP contribution is 2.70. The number of aromatic nitrogens is 3. The van der Waals surface area contributed by atoms with Gasteiger partial charge in [0.05, 0.1) is 64.8 Å². The minimum absolute atomic E-state index is 0.0422. The number of phosphoric acid groups is 1. The summed E-state index contributed by atoms with van der Waals surface area (Å²) in [6.45, 7) is 16.2. The molecule has 8 aliphatic rings. The molecule has 8 fully saturated rings. The van der Waals surface area contributed by atoms with Crippen LogP contribution in [0, 0.1) is 92.7 Å². The molecule has 0 saturated heterocycles. The Labute approximate surface area is 444 Å². The Morgan fingerprint density at radius 2 is 1.43 bits per heavy atom. The van der Waals surface area contributed by atoms with Gasteiger partial charge in [-0.25, -0.2) is 0 Å². The van der Waals surface area contributed by atoms with Gasteiger partial charge in [-0.3, -0.25) is 18.8 Å². The molecule has 0 radical (unpaired) electrons. The molecule has 0 bridgehead atoms. The van der Waals surface area contributed by atoms with Crippen LogP contribution in [-0.4, -0.2) is 112 Å². The van der Waals surface area contributed by atoms with Crippen molar-refractivity contribution in [3.63, 3.8) is 0 Å². The summed E-state index contributed by atoms with van der Waals surface area (Å²) in [5.74, 6) is 5.23. The second-order valence-electron chi connectivity index (χ2n) is 28.3. The third kappa shape index (κ3) is 11.3. The number of hydrogen-bond donors (Lipinski definition) is 5. The lowest BCUT2D eigenvalue weighted by molar-refractivity contribution is -0.870. The average Bonchev–Trinajstić information content (AvgIpc) is 4.05. The monoisotopic (exact) mass is 1050 g/mol. The van der Waals surface area contributed by atoms with Crippen LogP contribution in [0.4, 0.5) is 0 Å². The molecule has 2 amide bonds. The first-order chi connectivity index (χ1) is 34.8. The lowest BCUT2D eigenvalue weighted by Gasteiger charge is -2.63. The number of fused-ring (bicyclic) bond motifs is 10. The number of carbonyl (C=O) groups is 2. The zero-order valence-electron chi connectivity index (χ0n) is 47.0. The predicted molar refractivity (Wildman–Crippen MR) is 282 cm³/mol. The van der Waals surface area contributed by atoms with Crippen LogP contribution >= 0.6 is 7.82 Å². The van der Waals surface area contributed by atoms with Gasteiger partial charge in [-0.15, -0.1) is 5.10 Å². The van der Waals surface area contributed by atoms with Crippen molar-refractivity contribution in [1.82, 2.24) is 25.6 Å². The highest BCUT2D eigenvalue weighted by Gasteiger charge is 2.66. The number of hydrogen-bond acceptors (Lipinski definition) is 11. The van der Waals surface area contributed by atoms with E-state index in [2.05, 4.69) is 62.5 Å². The molecule has 21 atom stereocenters. The SMILES string of the molecule is C[C@H](CCC(=O)NCCn1cc(CNC(=O)CC[C@@H](C)[C@H]2CC[C@H]3[C@@H]4[C@H](O)C[C@@H]5C[C@H](OP(=O)([O-])OCC[N+](C)(C)C)CC[C@]5(C)[C@H]4C[C@H](O)[C@]23C)nn1)[C@H]1CC[C@H]2[C@@H]3CC[C@@H]4C[C@H](O)CC[C@]4(C)[C@H]3CC[C@]12C. The smallest absolute Gasteiger partial charge is 0.268 e. The number of nitrogens with one attached hydrogen (secondary N) is 2. The van der Waals surface area contributed by atoms with E-state index in [9.17, 15) is 34.4 Å². The van der Waals surface area contributed by atoms with Gasteiger partial charge >= 0.3 is 0 Å². The summed E-state index contributed by atoms with van der Waals surface area (Å²) in [6, 6.07) is 0. The molecule has 9 rings (SSSR count). The van der Waals surface area contributed by atoms with Crippen LogP contribution in [0.2, 0.25) is 0 Å². The fourth-order valence-corrected chi connectivity index (χ4v) is 20.3. The van der Waals surface area contributed by atoms with Crippen molar-refractivity contribution in [3.8, 4) is 0 Å². The molecular weight excluding hydrogens is 956 g/mol. The lowest BCUT2D eigenvalue weighted by Crippen LogP contribution is -2.62. The van der Waals surface area contributed by atoms with Gasteiger partial charge < -0.3 is 44.4 Å². The van der Waals surface area contributed by atoms with E-state index in [-0.39, 0.29) is 77.4 Å². The summed E-state index contributed by atoms with van der Waals surface area (Å²) in [6.07, 6.45) is 18.8. The minimum Gasteiger partial charge on any atom is -0.756 e. The van der Waals surface area contributed by atoms with Crippen LogP contribution < -0.4 is 15.5 Å². The van der Waals surface area contributed by atoms with E-state index in [4.69, 9.17) is 9.05 Å². The van der Waals surface area contributed by atoms with Gasteiger partial charge in [-0.05, 0) is 208 Å². The van der Waals surface area contributed by atoms with Crippen molar-refractivity contribution in [2.45, 2.75) is 207 Å². The molecule has 8 aliphatic carbocycles. The highest BCUT2D eigenvalue weighted by atomic mass is 31.2. The summed E-state index contributed by atoms with van der Waals surface area (Å²) in [4.78, 5) is 39.2. The first kappa shape index (κ1) is 56.7. The summed E-state index contributed by atoms with van der Waals surface area (Å²) in [7, 11) is 1.47. The van der Waals surface area contributed by atoms with Crippen LogP contribution in [-0.2, 0) is 36.3 Å². The van der Waals surface area contributed by atoms with Crippen molar-refractivity contribution >= 4 is 19.6 Å². The van der Waals surface area contributed by atoms with Crippen LogP contribution in [0.25, 0.3) is 0 Å². The molecule has 1 aromatic heterocycles. The summed E-state index contributed by atoms with van der Waals surface area (Å²) < 4.78 is 26.0. The molecule has 74 heavy (non-hydrogen) atoms. The van der Waals surface area contributed by atoms with E-state index in [1.807, 2.05) is 27.3 Å². The number of quaternary nitrogens is 1. The Morgan fingerprint density at radius 3 is 2.18 bits per heavy atom.